The fourth-order valence-electron chi connectivity index (χ4n) is 3.78. The Labute approximate surface area is 209 Å². The number of ether oxygens (including phenoxy) is 2. The average Bonchev–Trinajstić information content (AvgIpc) is 2.88. The molecule has 1 saturated heterocycles. The van der Waals surface area contributed by atoms with Gasteiger partial charge in [-0.3, -0.25) is 14.2 Å². The molecule has 1 fully saturated rings. The molecule has 36 heavy (non-hydrogen) atoms. The van der Waals surface area contributed by atoms with E-state index in [-0.39, 0.29) is 29.6 Å². The number of carbonyl (C=O) groups is 2. The third-order valence-electron chi connectivity index (χ3n) is 5.55. The fourth-order valence-corrected chi connectivity index (χ4v) is 4.70. The van der Waals surface area contributed by atoms with Gasteiger partial charge in [0.25, 0.3) is 5.56 Å². The quantitative estimate of drug-likeness (QED) is 0.350. The number of benzene rings is 2. The summed E-state index contributed by atoms with van der Waals surface area (Å²) in [6.07, 6.45) is -0.395. The van der Waals surface area contributed by atoms with Crippen molar-refractivity contribution in [2.24, 2.45) is 0 Å². The van der Waals surface area contributed by atoms with Crippen molar-refractivity contribution < 1.29 is 27.8 Å². The molecule has 0 aliphatic carbocycles. The molecule has 2 amide bonds. The molecule has 0 saturated carbocycles. The van der Waals surface area contributed by atoms with E-state index in [4.69, 9.17) is 4.74 Å². The van der Waals surface area contributed by atoms with Gasteiger partial charge in [-0.25, -0.2) is 9.78 Å². The monoisotopic (exact) mass is 518 g/mol. The number of aromatic nitrogens is 2. The maximum atomic E-state index is 13.3. The van der Waals surface area contributed by atoms with Crippen LogP contribution in [0, 0.1) is 0 Å². The highest BCUT2D eigenvalue weighted by Crippen LogP contribution is 2.24. The zero-order chi connectivity index (χ0) is 25.7. The predicted octanol–water partition coefficient (Wildman–Crippen LogP) is 3.38. The van der Waals surface area contributed by atoms with Crippen LogP contribution in [0.4, 0.5) is 13.6 Å². The highest BCUT2D eigenvalue weighted by Gasteiger charge is 2.25. The molecular formula is C24H24F2N4O5S. The van der Waals surface area contributed by atoms with Gasteiger partial charge in [0.15, 0.2) is 5.16 Å². The minimum absolute atomic E-state index is 0.0246. The van der Waals surface area contributed by atoms with E-state index >= 15 is 0 Å². The van der Waals surface area contributed by atoms with Crippen LogP contribution in [-0.2, 0) is 9.53 Å². The van der Waals surface area contributed by atoms with Crippen molar-refractivity contribution in [2.45, 2.75) is 18.7 Å². The van der Waals surface area contributed by atoms with Gasteiger partial charge in [-0.15, -0.1) is 0 Å². The van der Waals surface area contributed by atoms with Crippen LogP contribution in [0.3, 0.4) is 0 Å². The van der Waals surface area contributed by atoms with Crippen LogP contribution >= 0.6 is 11.8 Å². The molecule has 12 heteroatoms. The van der Waals surface area contributed by atoms with E-state index in [1.54, 1.807) is 41.0 Å². The average molecular weight is 519 g/mol. The molecular weight excluding hydrogens is 494 g/mol. The van der Waals surface area contributed by atoms with Crippen LogP contribution in [0.5, 0.6) is 5.75 Å². The van der Waals surface area contributed by atoms with Gasteiger partial charge in [0.05, 0.1) is 29.0 Å². The van der Waals surface area contributed by atoms with E-state index in [2.05, 4.69) is 9.72 Å². The third-order valence-corrected chi connectivity index (χ3v) is 6.47. The molecule has 3 aromatic rings. The molecule has 0 unspecified atom stereocenters. The first kappa shape index (κ1) is 25.4. The summed E-state index contributed by atoms with van der Waals surface area (Å²) in [5.74, 6) is -0.170. The Morgan fingerprint density at radius 2 is 1.69 bits per heavy atom. The largest absolute Gasteiger partial charge is 0.450 e. The van der Waals surface area contributed by atoms with Crippen LogP contribution in [0.15, 0.2) is 58.5 Å². The SMILES string of the molecule is CCOC(=O)N1CCN(C(=O)CSc2nc3ccccc3c(=O)n2-c2ccc(OC(F)F)cc2)CC1. The Morgan fingerprint density at radius 3 is 2.36 bits per heavy atom. The Bertz CT molecular complexity index is 1290. The van der Waals surface area contributed by atoms with Gasteiger partial charge in [0.1, 0.15) is 5.75 Å². The Hall–Kier alpha value is -3.67. The molecule has 0 bridgehead atoms. The topological polar surface area (TPSA) is 94.0 Å². The van der Waals surface area contributed by atoms with Crippen molar-refractivity contribution in [3.8, 4) is 11.4 Å². The maximum absolute atomic E-state index is 13.3. The molecule has 0 spiro atoms. The second kappa shape index (κ2) is 11.4. The summed E-state index contributed by atoms with van der Waals surface area (Å²) in [5, 5.41) is 0.677. The lowest BCUT2D eigenvalue weighted by Gasteiger charge is -2.34. The summed E-state index contributed by atoms with van der Waals surface area (Å²) in [6.45, 7) is 0.571. The smallest absolute Gasteiger partial charge is 0.409 e. The summed E-state index contributed by atoms with van der Waals surface area (Å²) >= 11 is 1.11. The van der Waals surface area contributed by atoms with Gasteiger partial charge >= 0.3 is 12.7 Å². The minimum atomic E-state index is -2.96. The highest BCUT2D eigenvalue weighted by atomic mass is 32.2. The van der Waals surface area contributed by atoms with E-state index in [9.17, 15) is 23.2 Å². The number of rotatable bonds is 7. The van der Waals surface area contributed by atoms with Gasteiger partial charge < -0.3 is 19.3 Å². The third kappa shape index (κ3) is 5.76. The lowest BCUT2D eigenvalue weighted by molar-refractivity contribution is -0.129. The van der Waals surface area contributed by atoms with Crippen molar-refractivity contribution in [1.29, 1.82) is 0 Å². The van der Waals surface area contributed by atoms with Gasteiger partial charge in [-0.05, 0) is 43.3 Å². The molecule has 2 aromatic carbocycles. The predicted molar refractivity (Wildman–Crippen MR) is 130 cm³/mol. The molecule has 2 heterocycles. The number of fused-ring (bicyclic) bond motifs is 1. The van der Waals surface area contributed by atoms with Gasteiger partial charge in [-0.2, -0.15) is 8.78 Å². The summed E-state index contributed by atoms with van der Waals surface area (Å²) in [4.78, 5) is 45.9. The molecule has 190 valence electrons. The van der Waals surface area contributed by atoms with E-state index in [1.165, 1.54) is 28.8 Å². The van der Waals surface area contributed by atoms with Gasteiger partial charge in [0, 0.05) is 26.2 Å². The summed E-state index contributed by atoms with van der Waals surface area (Å²) in [5.41, 5.74) is 0.536. The standard InChI is InChI=1S/C24H24F2N4O5S/c1-2-34-24(33)29-13-11-28(12-14-29)20(31)15-36-23-27-19-6-4-3-5-18(19)21(32)30(23)16-7-9-17(10-8-16)35-22(25)26/h3-10,22H,2,11-15H2,1H3. The first-order valence-electron chi connectivity index (χ1n) is 11.3. The number of para-hydroxylation sites is 1. The zero-order valence-corrected chi connectivity index (χ0v) is 20.2. The number of amides is 2. The van der Waals surface area contributed by atoms with Crippen molar-refractivity contribution in [2.75, 3.05) is 38.5 Å². The molecule has 1 aliphatic rings. The van der Waals surface area contributed by atoms with E-state index in [1.807, 2.05) is 0 Å². The van der Waals surface area contributed by atoms with Crippen LogP contribution in [0.1, 0.15) is 6.92 Å². The Morgan fingerprint density at radius 1 is 1.03 bits per heavy atom. The van der Waals surface area contributed by atoms with E-state index in [0.29, 0.717) is 47.9 Å². The molecule has 0 radical (unpaired) electrons. The Kier molecular flexibility index (Phi) is 8.04. The number of halogens is 2. The molecule has 9 nitrogen and oxygen atoms in total. The van der Waals surface area contributed by atoms with Crippen LogP contribution < -0.4 is 10.3 Å². The Balaban J connectivity index is 1.54. The number of carbonyl (C=O) groups excluding carboxylic acids is 2. The summed E-state index contributed by atoms with van der Waals surface area (Å²) in [6, 6.07) is 12.5. The van der Waals surface area contributed by atoms with Crippen molar-refractivity contribution in [1.82, 2.24) is 19.4 Å². The molecule has 1 aliphatic heterocycles. The lowest BCUT2D eigenvalue weighted by atomic mass is 10.2. The molecule has 0 N–H and O–H groups in total. The van der Waals surface area contributed by atoms with Crippen molar-refractivity contribution in [3.63, 3.8) is 0 Å². The van der Waals surface area contributed by atoms with Gasteiger partial charge in [0.2, 0.25) is 5.91 Å². The molecule has 1 aromatic heterocycles. The second-order valence-electron chi connectivity index (χ2n) is 7.78. The fraction of sp³-hybridized carbons (Fsp3) is 0.333. The first-order valence-corrected chi connectivity index (χ1v) is 12.2. The lowest BCUT2D eigenvalue weighted by Crippen LogP contribution is -2.51. The van der Waals surface area contributed by atoms with Crippen LogP contribution in [-0.4, -0.2) is 76.5 Å². The zero-order valence-electron chi connectivity index (χ0n) is 19.4. The van der Waals surface area contributed by atoms with E-state index < -0.39 is 12.7 Å². The summed E-state index contributed by atoms with van der Waals surface area (Å²) < 4.78 is 35.8. The van der Waals surface area contributed by atoms with Crippen molar-refractivity contribution in [3.05, 3.63) is 58.9 Å². The summed E-state index contributed by atoms with van der Waals surface area (Å²) in [7, 11) is 0. The number of alkyl halides is 2. The van der Waals surface area contributed by atoms with E-state index in [0.717, 1.165) is 11.8 Å². The highest BCUT2D eigenvalue weighted by molar-refractivity contribution is 7.99. The van der Waals surface area contributed by atoms with Gasteiger partial charge in [-0.1, -0.05) is 23.9 Å². The number of piperazine rings is 1. The maximum Gasteiger partial charge on any atom is 0.409 e. The number of thioether (sulfide) groups is 1. The number of hydrogen-bond acceptors (Lipinski definition) is 7. The van der Waals surface area contributed by atoms with Crippen molar-refractivity contribution >= 4 is 34.7 Å². The first-order chi connectivity index (χ1) is 17.4. The minimum Gasteiger partial charge on any atom is -0.450 e. The van der Waals surface area contributed by atoms with Crippen LogP contribution in [0.2, 0.25) is 0 Å². The molecule has 0 atom stereocenters. The normalized spacial score (nSPS) is 13.8. The number of nitrogens with zero attached hydrogens (tertiary/aromatic N) is 4. The van der Waals surface area contributed by atoms with Crippen LogP contribution in [0.25, 0.3) is 16.6 Å². The number of hydrogen-bond donors (Lipinski definition) is 0. The second-order valence-corrected chi connectivity index (χ2v) is 8.72. The molecule has 4 rings (SSSR count).